The maximum Gasteiger partial charge on any atom is 0.305 e. The number of carbonyl (C=O) groups excluding carboxylic acids is 1. The van der Waals surface area contributed by atoms with E-state index in [1.165, 1.54) is 32.1 Å². The molecule has 3 heteroatoms. The molecule has 1 saturated heterocycles. The minimum absolute atomic E-state index is 0.0361. The van der Waals surface area contributed by atoms with Crippen molar-refractivity contribution in [1.29, 1.82) is 0 Å². The molecule has 14 heavy (non-hydrogen) atoms. The Hall–Kier alpha value is -0.570. The van der Waals surface area contributed by atoms with E-state index >= 15 is 0 Å². The summed E-state index contributed by atoms with van der Waals surface area (Å²) in [4.78, 5) is 11.1. The average molecular weight is 199 g/mol. The Bertz CT molecular complexity index is 143. The van der Waals surface area contributed by atoms with E-state index in [2.05, 4.69) is 5.32 Å². The minimum Gasteiger partial charge on any atom is -0.464 e. The molecule has 3 nitrogen and oxygen atoms in total. The third-order valence-electron chi connectivity index (χ3n) is 2.53. The Labute approximate surface area is 86.2 Å². The zero-order chi connectivity index (χ0) is 10.1. The van der Waals surface area contributed by atoms with E-state index in [4.69, 9.17) is 4.74 Å². The summed E-state index contributed by atoms with van der Waals surface area (Å²) in [6.45, 7) is 2.38. The van der Waals surface area contributed by atoms with Gasteiger partial charge in [0.1, 0.15) is 6.61 Å². The highest BCUT2D eigenvalue weighted by molar-refractivity contribution is 5.69. The maximum atomic E-state index is 11.1. The normalized spacial score (nSPS) is 22.7. The van der Waals surface area contributed by atoms with Crippen LogP contribution in [-0.4, -0.2) is 25.7 Å². The Morgan fingerprint density at radius 1 is 0.929 bits per heavy atom. The van der Waals surface area contributed by atoms with Crippen LogP contribution in [0.3, 0.4) is 0 Å². The smallest absolute Gasteiger partial charge is 0.305 e. The summed E-state index contributed by atoms with van der Waals surface area (Å²) in [5, 5.41) is 3.27. The van der Waals surface area contributed by atoms with Crippen molar-refractivity contribution in [1.82, 2.24) is 5.32 Å². The molecule has 0 aromatic heterocycles. The van der Waals surface area contributed by atoms with E-state index in [1.807, 2.05) is 0 Å². The van der Waals surface area contributed by atoms with Crippen molar-refractivity contribution in [2.75, 3.05) is 19.7 Å². The Morgan fingerprint density at radius 2 is 1.64 bits per heavy atom. The van der Waals surface area contributed by atoms with Crippen LogP contribution in [0.4, 0.5) is 0 Å². The molecular weight excluding hydrogens is 178 g/mol. The van der Waals surface area contributed by atoms with Gasteiger partial charge in [-0.25, -0.2) is 0 Å². The molecular formula is C11H21NO2. The summed E-state index contributed by atoms with van der Waals surface area (Å²) in [5.74, 6) is -0.0361. The van der Waals surface area contributed by atoms with Gasteiger partial charge in [-0.05, 0) is 19.4 Å². The molecule has 1 N–H and O–H groups in total. The molecule has 0 aromatic rings. The van der Waals surface area contributed by atoms with Crippen molar-refractivity contribution in [3.8, 4) is 0 Å². The summed E-state index contributed by atoms with van der Waals surface area (Å²) in [7, 11) is 0. The van der Waals surface area contributed by atoms with Crippen LogP contribution >= 0.6 is 0 Å². The van der Waals surface area contributed by atoms with Crippen molar-refractivity contribution >= 4 is 5.97 Å². The van der Waals surface area contributed by atoms with Gasteiger partial charge in [-0.15, -0.1) is 0 Å². The van der Waals surface area contributed by atoms with Gasteiger partial charge >= 0.3 is 5.97 Å². The lowest BCUT2D eigenvalue weighted by Crippen LogP contribution is -2.22. The van der Waals surface area contributed by atoms with Gasteiger partial charge in [0.15, 0.2) is 0 Å². The second-order valence-electron chi connectivity index (χ2n) is 3.84. The Balaban J connectivity index is 2.15. The van der Waals surface area contributed by atoms with Crippen LogP contribution in [0.25, 0.3) is 0 Å². The van der Waals surface area contributed by atoms with E-state index in [0.29, 0.717) is 13.0 Å². The highest BCUT2D eigenvalue weighted by atomic mass is 16.5. The van der Waals surface area contributed by atoms with Crippen molar-refractivity contribution < 1.29 is 9.53 Å². The zero-order valence-electron chi connectivity index (χ0n) is 8.89. The minimum atomic E-state index is -0.0361. The lowest BCUT2D eigenvalue weighted by molar-refractivity contribution is -0.143. The molecule has 0 aliphatic carbocycles. The summed E-state index contributed by atoms with van der Waals surface area (Å²) >= 11 is 0. The molecule has 0 saturated carbocycles. The third kappa shape index (κ3) is 5.97. The Morgan fingerprint density at radius 3 is 2.50 bits per heavy atom. The van der Waals surface area contributed by atoms with Crippen LogP contribution in [0.15, 0.2) is 0 Å². The monoisotopic (exact) mass is 199 g/mol. The number of esters is 1. The fraction of sp³-hybridized carbons (Fsp3) is 0.909. The standard InChI is InChI=1S/C11H21NO2/c13-11-7-5-3-1-2-4-6-8-12-9-10-14-11/h12H,1-10H2. The first-order valence-corrected chi connectivity index (χ1v) is 5.76. The molecule has 0 unspecified atom stereocenters. The molecule has 1 fully saturated rings. The van der Waals surface area contributed by atoms with Gasteiger partial charge in [0.05, 0.1) is 0 Å². The number of nitrogens with one attached hydrogen (secondary N) is 1. The van der Waals surface area contributed by atoms with Crippen LogP contribution < -0.4 is 5.32 Å². The summed E-state index contributed by atoms with van der Waals surface area (Å²) in [6, 6.07) is 0. The molecule has 0 aromatic carbocycles. The van der Waals surface area contributed by atoms with Crippen LogP contribution in [0.2, 0.25) is 0 Å². The topological polar surface area (TPSA) is 38.3 Å². The first-order valence-electron chi connectivity index (χ1n) is 5.76. The molecule has 0 bridgehead atoms. The quantitative estimate of drug-likeness (QED) is 0.605. The maximum absolute atomic E-state index is 11.1. The predicted octanol–water partition coefficient (Wildman–Crippen LogP) is 1.86. The number of ether oxygens (including phenoxy) is 1. The molecule has 0 radical (unpaired) electrons. The Kier molecular flexibility index (Phi) is 6.41. The lowest BCUT2D eigenvalue weighted by atomic mass is 10.1. The van der Waals surface area contributed by atoms with Crippen molar-refractivity contribution in [3.63, 3.8) is 0 Å². The largest absolute Gasteiger partial charge is 0.464 e. The van der Waals surface area contributed by atoms with Gasteiger partial charge < -0.3 is 10.1 Å². The van der Waals surface area contributed by atoms with Crippen molar-refractivity contribution in [2.45, 2.75) is 44.9 Å². The van der Waals surface area contributed by atoms with Gasteiger partial charge in [-0.1, -0.05) is 25.7 Å². The van der Waals surface area contributed by atoms with Crippen molar-refractivity contribution in [3.05, 3.63) is 0 Å². The van der Waals surface area contributed by atoms with E-state index in [0.717, 1.165) is 19.5 Å². The van der Waals surface area contributed by atoms with Crippen LogP contribution in [0.5, 0.6) is 0 Å². The van der Waals surface area contributed by atoms with Crippen molar-refractivity contribution in [2.24, 2.45) is 0 Å². The second kappa shape index (κ2) is 7.80. The van der Waals surface area contributed by atoms with E-state index in [9.17, 15) is 4.79 Å². The fourth-order valence-corrected chi connectivity index (χ4v) is 1.66. The number of hydrogen-bond acceptors (Lipinski definition) is 3. The molecule has 0 amide bonds. The molecule has 1 rings (SSSR count). The number of hydrogen-bond donors (Lipinski definition) is 1. The highest BCUT2D eigenvalue weighted by Gasteiger charge is 2.02. The SMILES string of the molecule is O=C1CCCCCCCCNCCO1. The van der Waals surface area contributed by atoms with Gasteiger partial charge in [-0.3, -0.25) is 4.79 Å². The molecule has 82 valence electrons. The number of rotatable bonds is 0. The third-order valence-corrected chi connectivity index (χ3v) is 2.53. The summed E-state index contributed by atoms with van der Waals surface area (Å²) in [6.07, 6.45) is 7.87. The molecule has 1 heterocycles. The molecule has 1 aliphatic rings. The molecule has 1 aliphatic heterocycles. The molecule has 0 atom stereocenters. The van der Waals surface area contributed by atoms with E-state index in [1.54, 1.807) is 0 Å². The fourth-order valence-electron chi connectivity index (χ4n) is 1.66. The second-order valence-corrected chi connectivity index (χ2v) is 3.84. The summed E-state index contributed by atoms with van der Waals surface area (Å²) in [5.41, 5.74) is 0. The number of carbonyl (C=O) groups is 1. The van der Waals surface area contributed by atoms with Gasteiger partial charge in [0.25, 0.3) is 0 Å². The average Bonchev–Trinajstić information content (AvgIpc) is 2.20. The van der Waals surface area contributed by atoms with E-state index < -0.39 is 0 Å². The van der Waals surface area contributed by atoms with E-state index in [-0.39, 0.29) is 5.97 Å². The van der Waals surface area contributed by atoms with Gasteiger partial charge in [0.2, 0.25) is 0 Å². The molecule has 0 spiro atoms. The predicted molar refractivity (Wildman–Crippen MR) is 56.1 cm³/mol. The first-order chi connectivity index (χ1) is 6.89. The first kappa shape index (κ1) is 11.5. The van der Waals surface area contributed by atoms with Crippen LogP contribution in [-0.2, 0) is 9.53 Å². The zero-order valence-corrected chi connectivity index (χ0v) is 8.89. The van der Waals surface area contributed by atoms with Gasteiger partial charge in [0, 0.05) is 13.0 Å². The summed E-state index contributed by atoms with van der Waals surface area (Å²) < 4.78 is 5.05. The van der Waals surface area contributed by atoms with Crippen LogP contribution in [0, 0.1) is 0 Å². The van der Waals surface area contributed by atoms with Crippen LogP contribution in [0.1, 0.15) is 44.9 Å². The lowest BCUT2D eigenvalue weighted by Gasteiger charge is -2.04. The highest BCUT2D eigenvalue weighted by Crippen LogP contribution is 2.07. The van der Waals surface area contributed by atoms with Gasteiger partial charge in [-0.2, -0.15) is 0 Å². The number of cyclic esters (lactones) is 1.